The van der Waals surface area contributed by atoms with E-state index in [2.05, 4.69) is 9.47 Å². The zero-order valence-corrected chi connectivity index (χ0v) is 8.06. The first-order valence-electron chi connectivity index (χ1n) is 4.05. The highest BCUT2D eigenvalue weighted by Crippen LogP contribution is 2.22. The average molecular weight is 214 g/mol. The molecule has 0 saturated heterocycles. The van der Waals surface area contributed by atoms with Gasteiger partial charge in [0.25, 0.3) is 0 Å². The molecule has 6 heteroatoms. The Hall–Kier alpha value is -0.620. The van der Waals surface area contributed by atoms with Gasteiger partial charge in [0.1, 0.15) is 0 Å². The Morgan fingerprint density at radius 3 is 2.14 bits per heavy atom. The predicted molar refractivity (Wildman–Crippen MR) is 42.7 cm³/mol. The first kappa shape index (κ1) is 13.4. The van der Waals surface area contributed by atoms with Crippen molar-refractivity contribution in [2.24, 2.45) is 0 Å². The van der Waals surface area contributed by atoms with Gasteiger partial charge in [0.2, 0.25) is 6.29 Å². The fraction of sp³-hybridized carbons (Fsp3) is 0.875. The zero-order valence-electron chi connectivity index (χ0n) is 8.06. The Morgan fingerprint density at radius 1 is 1.29 bits per heavy atom. The number of methoxy groups -OCH3 is 2. The largest absolute Gasteiger partial charge is 0.389 e. The van der Waals surface area contributed by atoms with E-state index in [-0.39, 0.29) is 12.8 Å². The minimum Gasteiger partial charge on any atom is -0.349 e. The van der Waals surface area contributed by atoms with Gasteiger partial charge in [0.15, 0.2) is 5.78 Å². The third-order valence-corrected chi connectivity index (χ3v) is 1.57. The van der Waals surface area contributed by atoms with Gasteiger partial charge in [-0.25, -0.2) is 0 Å². The molecule has 0 aliphatic heterocycles. The van der Waals surface area contributed by atoms with E-state index in [4.69, 9.17) is 0 Å². The smallest absolute Gasteiger partial charge is 0.349 e. The number of carbonyl (C=O) groups is 1. The van der Waals surface area contributed by atoms with Crippen LogP contribution in [0.5, 0.6) is 0 Å². The van der Waals surface area contributed by atoms with Gasteiger partial charge in [-0.15, -0.1) is 0 Å². The highest BCUT2D eigenvalue weighted by molar-refractivity contribution is 5.81. The van der Waals surface area contributed by atoms with Crippen LogP contribution < -0.4 is 0 Å². The van der Waals surface area contributed by atoms with Crippen molar-refractivity contribution in [1.29, 1.82) is 0 Å². The lowest BCUT2D eigenvalue weighted by Crippen LogP contribution is -2.25. The van der Waals surface area contributed by atoms with Gasteiger partial charge >= 0.3 is 6.18 Å². The third kappa shape index (κ3) is 5.93. The molecule has 0 aromatic carbocycles. The minimum atomic E-state index is -4.21. The van der Waals surface area contributed by atoms with Crippen molar-refractivity contribution < 1.29 is 27.4 Å². The van der Waals surface area contributed by atoms with Gasteiger partial charge in [-0.1, -0.05) is 0 Å². The SMILES string of the molecule is COC(OC)C(=O)CCCC(F)(F)F. The summed E-state index contributed by atoms with van der Waals surface area (Å²) >= 11 is 0. The summed E-state index contributed by atoms with van der Waals surface area (Å²) < 4.78 is 44.3. The van der Waals surface area contributed by atoms with Gasteiger partial charge in [0.05, 0.1) is 0 Å². The van der Waals surface area contributed by atoms with Gasteiger partial charge < -0.3 is 9.47 Å². The second-order valence-corrected chi connectivity index (χ2v) is 2.74. The molecule has 0 radical (unpaired) electrons. The summed E-state index contributed by atoms with van der Waals surface area (Å²) in [5, 5.41) is 0. The van der Waals surface area contributed by atoms with Crippen molar-refractivity contribution in [1.82, 2.24) is 0 Å². The van der Waals surface area contributed by atoms with Crippen LogP contribution in [0.15, 0.2) is 0 Å². The van der Waals surface area contributed by atoms with E-state index in [1.165, 1.54) is 14.2 Å². The molecule has 0 aromatic rings. The van der Waals surface area contributed by atoms with Crippen molar-refractivity contribution in [3.63, 3.8) is 0 Å². The van der Waals surface area contributed by atoms with E-state index in [0.717, 1.165) is 0 Å². The van der Waals surface area contributed by atoms with Crippen molar-refractivity contribution in [3.8, 4) is 0 Å². The molecule has 0 fully saturated rings. The molecule has 0 amide bonds. The lowest BCUT2D eigenvalue weighted by atomic mass is 10.1. The summed E-state index contributed by atoms with van der Waals surface area (Å²) in [5.41, 5.74) is 0. The lowest BCUT2D eigenvalue weighted by Gasteiger charge is -2.12. The van der Waals surface area contributed by atoms with E-state index >= 15 is 0 Å². The first-order chi connectivity index (χ1) is 6.40. The van der Waals surface area contributed by atoms with Crippen molar-refractivity contribution >= 4 is 5.78 Å². The molecule has 0 unspecified atom stereocenters. The second-order valence-electron chi connectivity index (χ2n) is 2.74. The van der Waals surface area contributed by atoms with E-state index in [1.54, 1.807) is 0 Å². The van der Waals surface area contributed by atoms with Crippen LogP contribution in [-0.4, -0.2) is 32.5 Å². The fourth-order valence-corrected chi connectivity index (χ4v) is 0.940. The van der Waals surface area contributed by atoms with E-state index in [0.29, 0.717) is 0 Å². The second kappa shape index (κ2) is 5.98. The number of hydrogen-bond acceptors (Lipinski definition) is 3. The normalized spacial score (nSPS) is 12.1. The molecule has 0 bridgehead atoms. The summed E-state index contributed by atoms with van der Waals surface area (Å²) in [4.78, 5) is 11.1. The number of rotatable bonds is 6. The van der Waals surface area contributed by atoms with Crippen LogP contribution in [0.2, 0.25) is 0 Å². The number of halogens is 3. The zero-order chi connectivity index (χ0) is 11.2. The predicted octanol–water partition coefficient (Wildman–Crippen LogP) is 1.91. The van der Waals surface area contributed by atoms with Gasteiger partial charge in [0, 0.05) is 27.1 Å². The molecule has 0 rings (SSSR count). The number of hydrogen-bond donors (Lipinski definition) is 0. The van der Waals surface area contributed by atoms with Crippen LogP contribution in [0.3, 0.4) is 0 Å². The van der Waals surface area contributed by atoms with Crippen LogP contribution in [0.1, 0.15) is 19.3 Å². The summed E-state index contributed by atoms with van der Waals surface area (Å²) in [6.45, 7) is 0. The molecule has 3 nitrogen and oxygen atoms in total. The molecular formula is C8H13F3O3. The standard InChI is InChI=1S/C8H13F3O3/c1-13-7(14-2)6(12)4-3-5-8(9,10)11/h7H,3-5H2,1-2H3. The Bertz CT molecular complexity index is 175. The van der Waals surface area contributed by atoms with Crippen LogP contribution >= 0.6 is 0 Å². The highest BCUT2D eigenvalue weighted by Gasteiger charge is 2.27. The minimum absolute atomic E-state index is 0.189. The topological polar surface area (TPSA) is 35.5 Å². The Morgan fingerprint density at radius 2 is 1.79 bits per heavy atom. The maximum absolute atomic E-state index is 11.7. The molecular weight excluding hydrogens is 201 g/mol. The molecule has 0 aliphatic carbocycles. The number of ether oxygens (including phenoxy) is 2. The van der Waals surface area contributed by atoms with Crippen molar-refractivity contribution in [3.05, 3.63) is 0 Å². The Labute approximate surface area is 80.2 Å². The Kier molecular flexibility index (Phi) is 5.71. The van der Waals surface area contributed by atoms with Crippen molar-refractivity contribution in [2.75, 3.05) is 14.2 Å². The van der Waals surface area contributed by atoms with Gasteiger partial charge in [-0.05, 0) is 6.42 Å². The molecule has 0 N–H and O–H groups in total. The summed E-state index contributed by atoms with van der Waals surface area (Å²) in [6.07, 6.45) is -6.64. The number of carbonyl (C=O) groups excluding carboxylic acids is 1. The third-order valence-electron chi connectivity index (χ3n) is 1.57. The summed E-state index contributed by atoms with van der Waals surface area (Å²) in [6, 6.07) is 0. The Balaban J connectivity index is 3.74. The van der Waals surface area contributed by atoms with Gasteiger partial charge in [-0.2, -0.15) is 13.2 Å². The number of ketones is 1. The lowest BCUT2D eigenvalue weighted by molar-refractivity contribution is -0.158. The van der Waals surface area contributed by atoms with Crippen LogP contribution in [0.4, 0.5) is 13.2 Å². The molecule has 0 aromatic heterocycles. The first-order valence-corrected chi connectivity index (χ1v) is 4.05. The number of alkyl halides is 3. The molecule has 0 spiro atoms. The van der Waals surface area contributed by atoms with E-state index < -0.39 is 24.7 Å². The maximum atomic E-state index is 11.7. The fourth-order valence-electron chi connectivity index (χ4n) is 0.940. The average Bonchev–Trinajstić information content (AvgIpc) is 2.04. The molecule has 0 heterocycles. The molecule has 0 aliphatic rings. The van der Waals surface area contributed by atoms with Crippen LogP contribution in [0.25, 0.3) is 0 Å². The van der Waals surface area contributed by atoms with Crippen molar-refractivity contribution in [2.45, 2.75) is 31.7 Å². The number of Topliss-reactive ketones (excluding diaryl/α,β-unsaturated/α-hetero) is 1. The molecule has 84 valence electrons. The molecule has 0 saturated carbocycles. The molecule has 14 heavy (non-hydrogen) atoms. The summed E-state index contributed by atoms with van der Waals surface area (Å²) in [5.74, 6) is -0.473. The summed E-state index contributed by atoms with van der Waals surface area (Å²) in [7, 11) is 2.52. The van der Waals surface area contributed by atoms with Gasteiger partial charge in [-0.3, -0.25) is 4.79 Å². The van der Waals surface area contributed by atoms with Crippen LogP contribution in [0, 0.1) is 0 Å². The molecule has 0 atom stereocenters. The van der Waals surface area contributed by atoms with E-state index in [9.17, 15) is 18.0 Å². The maximum Gasteiger partial charge on any atom is 0.389 e. The highest BCUT2D eigenvalue weighted by atomic mass is 19.4. The quantitative estimate of drug-likeness (QED) is 0.633. The van der Waals surface area contributed by atoms with E-state index in [1.807, 2.05) is 0 Å². The monoisotopic (exact) mass is 214 g/mol. The van der Waals surface area contributed by atoms with Crippen LogP contribution in [-0.2, 0) is 14.3 Å².